The van der Waals surface area contributed by atoms with Gasteiger partial charge in [-0.15, -0.1) is 4.73 Å². The summed E-state index contributed by atoms with van der Waals surface area (Å²) in [6, 6.07) is 4.66. The molecule has 8 nitrogen and oxygen atoms in total. The summed E-state index contributed by atoms with van der Waals surface area (Å²) in [7, 11) is 1.31. The Hall–Kier alpha value is -3.24. The molecule has 1 amide bonds. The zero-order valence-corrected chi connectivity index (χ0v) is 19.9. The van der Waals surface area contributed by atoms with Gasteiger partial charge in [0.15, 0.2) is 0 Å². The lowest BCUT2D eigenvalue weighted by Gasteiger charge is -2.32. The van der Waals surface area contributed by atoms with E-state index in [0.717, 1.165) is 16.9 Å². The highest BCUT2D eigenvalue weighted by Crippen LogP contribution is 2.32. The fourth-order valence-corrected chi connectivity index (χ4v) is 3.66. The number of ether oxygens (including phenoxy) is 1. The molecule has 2 heterocycles. The number of hydrogen-bond acceptors (Lipinski definition) is 6. The maximum absolute atomic E-state index is 13.3. The maximum Gasteiger partial charge on any atom is 0.416 e. The number of alkyl halides is 3. The number of carbonyl (C=O) groups excluding carboxylic acids is 1. The van der Waals surface area contributed by atoms with Crippen LogP contribution < -0.4 is 15.3 Å². The van der Waals surface area contributed by atoms with Crippen LogP contribution in [0.4, 0.5) is 29.6 Å². The van der Waals surface area contributed by atoms with Gasteiger partial charge < -0.3 is 19.4 Å². The van der Waals surface area contributed by atoms with Crippen molar-refractivity contribution in [3.8, 4) is 0 Å². The topological polar surface area (TPSA) is 76.9 Å². The molecule has 11 heteroatoms. The van der Waals surface area contributed by atoms with Gasteiger partial charge >= 0.3 is 12.3 Å². The fraction of sp³-hybridized carbons (Fsp3) is 0.522. The highest BCUT2D eigenvalue weighted by molar-refractivity contribution is 5.68. The number of anilines is 2. The summed E-state index contributed by atoms with van der Waals surface area (Å²) in [6.07, 6.45) is -4.01. The number of aromatic nitrogens is 2. The summed E-state index contributed by atoms with van der Waals surface area (Å²) >= 11 is 0. The van der Waals surface area contributed by atoms with Crippen molar-refractivity contribution in [1.29, 1.82) is 0 Å². The van der Waals surface area contributed by atoms with Crippen molar-refractivity contribution in [3.05, 3.63) is 51.4 Å². The van der Waals surface area contributed by atoms with E-state index < -0.39 is 29.0 Å². The third-order valence-electron chi connectivity index (χ3n) is 5.20. The number of nitrogens with zero attached hydrogens (tertiary/aromatic N) is 4. The third-order valence-corrected chi connectivity index (χ3v) is 5.20. The van der Waals surface area contributed by atoms with E-state index in [2.05, 4.69) is 4.98 Å². The van der Waals surface area contributed by atoms with Gasteiger partial charge in [0.05, 0.1) is 23.4 Å². The summed E-state index contributed by atoms with van der Waals surface area (Å²) in [4.78, 5) is 38.8. The summed E-state index contributed by atoms with van der Waals surface area (Å²) in [5.41, 5.74) is -0.651. The average molecular weight is 483 g/mol. The molecule has 0 spiro atoms. The smallest absolute Gasteiger partial charge is 0.416 e. The molecule has 1 aromatic heterocycles. The number of fused-ring (bicyclic) bond motifs is 1. The van der Waals surface area contributed by atoms with E-state index in [0.29, 0.717) is 42.9 Å². The first-order chi connectivity index (χ1) is 15.9. The Morgan fingerprint density at radius 2 is 1.82 bits per heavy atom. The molecule has 0 atom stereocenters. The van der Waals surface area contributed by atoms with Crippen molar-refractivity contribution in [2.75, 3.05) is 25.1 Å². The molecule has 0 aliphatic carbocycles. The molecule has 0 saturated carbocycles. The standard InChI is InChI=1S/C23H29F3N4O4/c1-6-12-29(16-9-7-15(8-10-16)23(24,25)26)20-27-18-11-13-28(21(32)34-22(2,3)4)14-17(18)19(31)30(20)33-5/h7-10H,6,11-14H2,1-5H3. The van der Waals surface area contributed by atoms with Crippen LogP contribution in [0, 0.1) is 0 Å². The van der Waals surface area contributed by atoms with Gasteiger partial charge in [-0.1, -0.05) is 6.92 Å². The van der Waals surface area contributed by atoms with E-state index in [-0.39, 0.29) is 12.5 Å². The molecule has 0 radical (unpaired) electrons. The van der Waals surface area contributed by atoms with Gasteiger partial charge in [-0.05, 0) is 51.5 Å². The number of benzene rings is 1. The molecule has 0 N–H and O–H groups in total. The van der Waals surface area contributed by atoms with Crippen molar-refractivity contribution in [3.63, 3.8) is 0 Å². The summed E-state index contributed by atoms with van der Waals surface area (Å²) in [5, 5.41) is 0. The van der Waals surface area contributed by atoms with E-state index in [1.54, 1.807) is 25.7 Å². The van der Waals surface area contributed by atoms with Gasteiger partial charge in [-0.2, -0.15) is 13.2 Å². The molecular formula is C23H29F3N4O4. The van der Waals surface area contributed by atoms with Crippen molar-refractivity contribution in [2.24, 2.45) is 0 Å². The van der Waals surface area contributed by atoms with Crippen molar-refractivity contribution < 1.29 is 27.5 Å². The molecule has 1 aliphatic rings. The number of hydrogen-bond donors (Lipinski definition) is 0. The monoisotopic (exact) mass is 482 g/mol. The Morgan fingerprint density at radius 1 is 1.18 bits per heavy atom. The van der Waals surface area contributed by atoms with Gasteiger partial charge in [0, 0.05) is 25.2 Å². The highest BCUT2D eigenvalue weighted by atomic mass is 19.4. The van der Waals surface area contributed by atoms with Crippen molar-refractivity contribution in [2.45, 2.75) is 58.9 Å². The lowest BCUT2D eigenvalue weighted by atomic mass is 10.1. The van der Waals surface area contributed by atoms with Gasteiger partial charge in [0.2, 0.25) is 5.95 Å². The summed E-state index contributed by atoms with van der Waals surface area (Å²) < 4.78 is 45.4. The number of carbonyl (C=O) groups is 1. The van der Waals surface area contributed by atoms with Gasteiger partial charge in [0.25, 0.3) is 5.56 Å². The van der Waals surface area contributed by atoms with E-state index in [4.69, 9.17) is 9.57 Å². The van der Waals surface area contributed by atoms with Crippen LogP contribution in [-0.4, -0.2) is 46.5 Å². The van der Waals surface area contributed by atoms with Crippen LogP contribution in [-0.2, 0) is 23.9 Å². The Morgan fingerprint density at radius 3 is 2.35 bits per heavy atom. The Kier molecular flexibility index (Phi) is 7.13. The second-order valence-electron chi connectivity index (χ2n) is 8.97. The zero-order valence-electron chi connectivity index (χ0n) is 19.9. The normalized spacial score (nSPS) is 13.9. The van der Waals surface area contributed by atoms with Crippen LogP contribution >= 0.6 is 0 Å². The van der Waals surface area contributed by atoms with Gasteiger partial charge in [-0.25, -0.2) is 9.78 Å². The average Bonchev–Trinajstić information content (AvgIpc) is 2.75. The highest BCUT2D eigenvalue weighted by Gasteiger charge is 2.32. The van der Waals surface area contributed by atoms with Gasteiger partial charge in [-0.3, -0.25) is 4.79 Å². The minimum atomic E-state index is -4.45. The first-order valence-electron chi connectivity index (χ1n) is 11.0. The van der Waals surface area contributed by atoms with Crippen LogP contribution in [0.2, 0.25) is 0 Å². The molecule has 1 aliphatic heterocycles. The number of halogens is 3. The Balaban J connectivity index is 2.00. The molecular weight excluding hydrogens is 453 g/mol. The van der Waals surface area contributed by atoms with Crippen molar-refractivity contribution >= 4 is 17.7 Å². The predicted octanol–water partition coefficient (Wildman–Crippen LogP) is 4.16. The SMILES string of the molecule is CCCN(c1ccc(C(F)(F)F)cc1)c1nc2c(c(=O)n1OC)CN(C(=O)OC(C)(C)C)CC2. The number of rotatable bonds is 5. The van der Waals surface area contributed by atoms with Crippen LogP contribution in [0.3, 0.4) is 0 Å². The molecule has 3 rings (SSSR count). The molecule has 0 fully saturated rings. The fourth-order valence-electron chi connectivity index (χ4n) is 3.66. The summed E-state index contributed by atoms with van der Waals surface area (Å²) in [6.45, 7) is 7.92. The van der Waals surface area contributed by atoms with E-state index in [1.807, 2.05) is 6.92 Å². The Labute approximate surface area is 195 Å². The second-order valence-corrected chi connectivity index (χ2v) is 8.97. The zero-order chi connectivity index (χ0) is 25.3. The van der Waals surface area contributed by atoms with Crippen molar-refractivity contribution in [1.82, 2.24) is 14.6 Å². The first-order valence-corrected chi connectivity index (χ1v) is 11.0. The molecule has 186 valence electrons. The first kappa shape index (κ1) is 25.4. The van der Waals surface area contributed by atoms with Crippen LogP contribution in [0.15, 0.2) is 29.1 Å². The quantitative estimate of drug-likeness (QED) is 0.637. The molecule has 0 unspecified atom stereocenters. The molecule has 2 aromatic rings. The van der Waals surface area contributed by atoms with Gasteiger partial charge in [0.1, 0.15) is 12.7 Å². The molecule has 0 saturated heterocycles. The molecule has 0 bridgehead atoms. The molecule has 34 heavy (non-hydrogen) atoms. The third kappa shape index (κ3) is 5.45. The number of amides is 1. The van der Waals surface area contributed by atoms with Crippen LogP contribution in [0.5, 0.6) is 0 Å². The lowest BCUT2D eigenvalue weighted by molar-refractivity contribution is -0.137. The summed E-state index contributed by atoms with van der Waals surface area (Å²) in [5.74, 6) is 0.165. The van der Waals surface area contributed by atoms with Crippen LogP contribution in [0.25, 0.3) is 0 Å². The molecule has 1 aromatic carbocycles. The largest absolute Gasteiger partial charge is 0.444 e. The van der Waals surface area contributed by atoms with E-state index in [9.17, 15) is 22.8 Å². The predicted molar refractivity (Wildman–Crippen MR) is 120 cm³/mol. The minimum absolute atomic E-state index is 0.0216. The second kappa shape index (κ2) is 9.55. The lowest BCUT2D eigenvalue weighted by Crippen LogP contribution is -2.45. The van der Waals surface area contributed by atoms with E-state index >= 15 is 0 Å². The Bertz CT molecular complexity index is 1090. The maximum atomic E-state index is 13.3. The minimum Gasteiger partial charge on any atom is -0.444 e. The van der Waals surface area contributed by atoms with Crippen LogP contribution in [0.1, 0.15) is 50.9 Å². The van der Waals surface area contributed by atoms with E-state index in [1.165, 1.54) is 24.1 Å².